The van der Waals surface area contributed by atoms with Gasteiger partial charge in [0.1, 0.15) is 0 Å². The molecule has 0 aromatic heterocycles. The summed E-state index contributed by atoms with van der Waals surface area (Å²) in [5, 5.41) is 3.30. The van der Waals surface area contributed by atoms with Gasteiger partial charge in [0.05, 0.1) is 6.54 Å². The number of hydrogen-bond acceptors (Lipinski definition) is 2. The monoisotopic (exact) mass is 142 g/mol. The van der Waals surface area contributed by atoms with E-state index in [1.54, 1.807) is 0 Å². The van der Waals surface area contributed by atoms with Crippen molar-refractivity contribution in [2.75, 3.05) is 6.54 Å². The lowest BCUT2D eigenvalue weighted by atomic mass is 10.1. The van der Waals surface area contributed by atoms with E-state index in [-0.39, 0.29) is 0 Å². The quantitative estimate of drug-likeness (QED) is 0.418. The Bertz CT molecular complexity index is 71.7. The molecule has 2 heteroatoms. The van der Waals surface area contributed by atoms with Crippen molar-refractivity contribution < 1.29 is 0 Å². The van der Waals surface area contributed by atoms with Crippen molar-refractivity contribution >= 4 is 0 Å². The summed E-state index contributed by atoms with van der Waals surface area (Å²) < 4.78 is 0. The first-order chi connectivity index (χ1) is 4.91. The molecule has 0 fully saturated rings. The Morgan fingerprint density at radius 1 is 1.00 bits per heavy atom. The normalized spacial score (nSPS) is 9.70. The summed E-state index contributed by atoms with van der Waals surface area (Å²) in [4.78, 5) is 0. The largest absolute Gasteiger partial charge is 0.210 e. The third-order valence-electron chi connectivity index (χ3n) is 1.62. The maximum absolute atomic E-state index is 6.54. The molecule has 0 saturated carbocycles. The van der Waals surface area contributed by atoms with E-state index in [1.807, 2.05) is 0 Å². The number of rotatable bonds is 7. The lowest BCUT2D eigenvalue weighted by Crippen LogP contribution is -1.81. The molecule has 0 unspecified atom stereocenters. The zero-order valence-corrected chi connectivity index (χ0v) is 6.90. The lowest BCUT2D eigenvalue weighted by Gasteiger charge is -1.95. The van der Waals surface area contributed by atoms with E-state index in [0.717, 1.165) is 13.0 Å². The predicted molar refractivity (Wildman–Crippen MR) is 43.4 cm³/mol. The van der Waals surface area contributed by atoms with Crippen molar-refractivity contribution in [3.05, 3.63) is 0 Å². The summed E-state index contributed by atoms with van der Waals surface area (Å²) >= 11 is 0. The Hall–Kier alpha value is -0.400. The van der Waals surface area contributed by atoms with Gasteiger partial charge in [0.15, 0.2) is 0 Å². The van der Waals surface area contributed by atoms with Gasteiger partial charge in [0.2, 0.25) is 0 Å². The molecule has 0 rings (SSSR count). The summed E-state index contributed by atoms with van der Waals surface area (Å²) in [7, 11) is 0. The molecule has 0 aliphatic heterocycles. The van der Waals surface area contributed by atoms with Crippen molar-refractivity contribution in [1.29, 1.82) is 5.53 Å². The van der Waals surface area contributed by atoms with Gasteiger partial charge in [-0.3, -0.25) is 0 Å². The van der Waals surface area contributed by atoms with E-state index < -0.39 is 0 Å². The molecule has 0 radical (unpaired) electrons. The highest BCUT2D eigenvalue weighted by Gasteiger charge is 1.87. The third kappa shape index (κ3) is 7.60. The highest BCUT2D eigenvalue weighted by atomic mass is 14.9. The average Bonchev–Trinajstić information content (AvgIpc) is 1.97. The van der Waals surface area contributed by atoms with Crippen molar-refractivity contribution in [1.82, 2.24) is 0 Å². The zero-order chi connectivity index (χ0) is 7.66. The molecule has 0 aromatic rings. The number of unbranched alkanes of at least 4 members (excludes halogenated alkanes) is 5. The van der Waals surface area contributed by atoms with Crippen LogP contribution in [0.3, 0.4) is 0 Å². The molecule has 0 amide bonds. The molecule has 0 spiro atoms. The highest BCUT2D eigenvalue weighted by Crippen LogP contribution is 2.04. The molecule has 0 aliphatic rings. The van der Waals surface area contributed by atoms with E-state index in [2.05, 4.69) is 12.0 Å². The van der Waals surface area contributed by atoms with Crippen molar-refractivity contribution in [2.24, 2.45) is 5.11 Å². The lowest BCUT2D eigenvalue weighted by molar-refractivity contribution is 0.606. The van der Waals surface area contributed by atoms with Crippen LogP contribution in [0.15, 0.2) is 5.11 Å². The Kier molecular flexibility index (Phi) is 8.26. The Labute approximate surface area is 63.5 Å². The van der Waals surface area contributed by atoms with Crippen LogP contribution in [0.2, 0.25) is 0 Å². The fraction of sp³-hybridized carbons (Fsp3) is 1.00. The van der Waals surface area contributed by atoms with Gasteiger partial charge in [-0.05, 0) is 6.42 Å². The summed E-state index contributed by atoms with van der Waals surface area (Å²) in [6.07, 6.45) is 7.70. The molecule has 10 heavy (non-hydrogen) atoms. The second kappa shape index (κ2) is 8.60. The maximum atomic E-state index is 6.54. The summed E-state index contributed by atoms with van der Waals surface area (Å²) in [6.45, 7) is 2.95. The maximum Gasteiger partial charge on any atom is 0.0596 e. The molecular formula is C8H18N2. The van der Waals surface area contributed by atoms with E-state index in [9.17, 15) is 0 Å². The molecule has 0 aromatic carbocycles. The number of hydrogen-bond donors (Lipinski definition) is 1. The fourth-order valence-corrected chi connectivity index (χ4v) is 0.971. The molecule has 0 heterocycles. The van der Waals surface area contributed by atoms with Crippen molar-refractivity contribution in [3.63, 3.8) is 0 Å². The SMILES string of the molecule is CCCCCCCCN=N. The third-order valence-corrected chi connectivity index (χ3v) is 1.62. The molecule has 1 N–H and O–H groups in total. The van der Waals surface area contributed by atoms with Crippen LogP contribution in [0.25, 0.3) is 0 Å². The molecule has 0 bridgehead atoms. The van der Waals surface area contributed by atoms with Crippen LogP contribution in [0, 0.1) is 5.53 Å². The van der Waals surface area contributed by atoms with Gasteiger partial charge in [-0.2, -0.15) is 5.11 Å². The van der Waals surface area contributed by atoms with Crippen LogP contribution in [0.5, 0.6) is 0 Å². The van der Waals surface area contributed by atoms with Crippen molar-refractivity contribution in [3.8, 4) is 0 Å². The van der Waals surface area contributed by atoms with E-state index >= 15 is 0 Å². The molecule has 0 atom stereocenters. The van der Waals surface area contributed by atoms with Gasteiger partial charge < -0.3 is 0 Å². The Morgan fingerprint density at radius 3 is 2.20 bits per heavy atom. The Balaban J connectivity index is 2.70. The van der Waals surface area contributed by atoms with Crippen LogP contribution in [0.1, 0.15) is 45.4 Å². The first kappa shape index (κ1) is 9.60. The van der Waals surface area contributed by atoms with Gasteiger partial charge in [0.25, 0.3) is 0 Å². The zero-order valence-electron chi connectivity index (χ0n) is 6.90. The van der Waals surface area contributed by atoms with Crippen LogP contribution in [-0.2, 0) is 0 Å². The first-order valence-electron chi connectivity index (χ1n) is 4.25. The number of nitrogens with zero attached hydrogens (tertiary/aromatic N) is 1. The summed E-state index contributed by atoms with van der Waals surface area (Å²) in [5.74, 6) is 0. The first-order valence-corrected chi connectivity index (χ1v) is 4.25. The molecular weight excluding hydrogens is 124 g/mol. The van der Waals surface area contributed by atoms with E-state index in [4.69, 9.17) is 5.53 Å². The fourth-order valence-electron chi connectivity index (χ4n) is 0.971. The smallest absolute Gasteiger partial charge is 0.0596 e. The van der Waals surface area contributed by atoms with Gasteiger partial charge in [-0.1, -0.05) is 39.0 Å². The average molecular weight is 142 g/mol. The van der Waals surface area contributed by atoms with Gasteiger partial charge in [0, 0.05) is 0 Å². The predicted octanol–water partition coefficient (Wildman–Crippen LogP) is 3.38. The van der Waals surface area contributed by atoms with Gasteiger partial charge in [-0.25, -0.2) is 5.53 Å². The van der Waals surface area contributed by atoms with Crippen molar-refractivity contribution in [2.45, 2.75) is 45.4 Å². The number of nitrogens with one attached hydrogen (secondary N) is 1. The molecule has 60 valence electrons. The minimum absolute atomic E-state index is 0.728. The van der Waals surface area contributed by atoms with Crippen LogP contribution >= 0.6 is 0 Å². The Morgan fingerprint density at radius 2 is 1.60 bits per heavy atom. The van der Waals surface area contributed by atoms with Crippen LogP contribution in [0.4, 0.5) is 0 Å². The standard InChI is InChI=1S/C8H18N2/c1-2-3-4-5-6-7-8-10-9/h9H,2-8H2,1H3. The second-order valence-corrected chi connectivity index (χ2v) is 2.65. The van der Waals surface area contributed by atoms with E-state index in [0.29, 0.717) is 0 Å². The van der Waals surface area contributed by atoms with E-state index in [1.165, 1.54) is 32.1 Å². The van der Waals surface area contributed by atoms with Gasteiger partial charge >= 0.3 is 0 Å². The second-order valence-electron chi connectivity index (χ2n) is 2.65. The van der Waals surface area contributed by atoms with Gasteiger partial charge in [-0.15, -0.1) is 0 Å². The minimum atomic E-state index is 0.728. The topological polar surface area (TPSA) is 36.2 Å². The minimum Gasteiger partial charge on any atom is -0.210 e. The summed E-state index contributed by atoms with van der Waals surface area (Å²) in [5.41, 5.74) is 6.54. The molecule has 0 aliphatic carbocycles. The molecule has 2 nitrogen and oxygen atoms in total. The highest BCUT2D eigenvalue weighted by molar-refractivity contribution is 4.44. The van der Waals surface area contributed by atoms with Crippen LogP contribution in [-0.4, -0.2) is 6.54 Å². The summed E-state index contributed by atoms with van der Waals surface area (Å²) in [6, 6.07) is 0. The van der Waals surface area contributed by atoms with Crippen LogP contribution < -0.4 is 0 Å². The molecule has 0 saturated heterocycles.